The van der Waals surface area contributed by atoms with E-state index in [2.05, 4.69) is 21.2 Å². The number of ether oxygens (including phenoxy) is 1. The smallest absolute Gasteiger partial charge is 0.339 e. The molecule has 0 spiro atoms. The first kappa shape index (κ1) is 21.9. The Morgan fingerprint density at radius 3 is 2.52 bits per heavy atom. The van der Waals surface area contributed by atoms with Crippen molar-refractivity contribution in [1.82, 2.24) is 0 Å². The second-order valence-corrected chi connectivity index (χ2v) is 8.65. The van der Waals surface area contributed by atoms with E-state index in [-0.39, 0.29) is 36.9 Å². The molecule has 3 rings (SSSR count). The zero-order chi connectivity index (χ0) is 21.3. The standard InChI is InChI=1S/C19H11BrCl3NO4S/c1-28-16-14(22)10(6-12(21)15(16)23)17(25)24-18-13(19(26)27)11(7-29-18)8-3-2-4-9(20)5-8/h2-7H,1H3,(H,24,25)(H,26,27). The molecule has 0 saturated heterocycles. The first-order valence-corrected chi connectivity index (χ1v) is 10.7. The van der Waals surface area contributed by atoms with Crippen LogP contribution in [0.1, 0.15) is 20.7 Å². The molecule has 2 N–H and O–H groups in total. The summed E-state index contributed by atoms with van der Waals surface area (Å²) >= 11 is 22.8. The minimum Gasteiger partial charge on any atom is -0.494 e. The maximum absolute atomic E-state index is 12.8. The van der Waals surface area contributed by atoms with Gasteiger partial charge in [-0.15, -0.1) is 11.3 Å². The van der Waals surface area contributed by atoms with E-state index in [9.17, 15) is 14.7 Å². The third kappa shape index (κ3) is 4.39. The molecule has 0 aliphatic rings. The molecule has 10 heteroatoms. The number of benzene rings is 2. The largest absolute Gasteiger partial charge is 0.494 e. The number of methoxy groups -OCH3 is 1. The molecule has 0 aliphatic heterocycles. The zero-order valence-electron chi connectivity index (χ0n) is 14.6. The Hall–Kier alpha value is -1.77. The van der Waals surface area contributed by atoms with Crippen LogP contribution >= 0.6 is 62.1 Å². The molecule has 0 radical (unpaired) electrons. The van der Waals surface area contributed by atoms with Crippen LogP contribution in [0.25, 0.3) is 11.1 Å². The lowest BCUT2D eigenvalue weighted by atomic mass is 10.0. The van der Waals surface area contributed by atoms with Gasteiger partial charge in [-0.1, -0.05) is 62.9 Å². The molecule has 1 amide bonds. The Kier molecular flexibility index (Phi) is 6.76. The minimum absolute atomic E-state index is 0.00617. The van der Waals surface area contributed by atoms with Crippen molar-refractivity contribution in [3.8, 4) is 16.9 Å². The number of carboxylic acid groups (broad SMARTS) is 1. The van der Waals surface area contributed by atoms with Crippen molar-refractivity contribution < 1.29 is 19.4 Å². The number of rotatable bonds is 5. The van der Waals surface area contributed by atoms with Crippen LogP contribution in [0.3, 0.4) is 0 Å². The fourth-order valence-corrected chi connectivity index (χ4v) is 4.76. The number of aromatic carboxylic acids is 1. The van der Waals surface area contributed by atoms with Gasteiger partial charge in [-0.25, -0.2) is 4.79 Å². The quantitative estimate of drug-likeness (QED) is 0.342. The first-order valence-electron chi connectivity index (χ1n) is 7.88. The molecule has 1 heterocycles. The Balaban J connectivity index is 2.03. The van der Waals surface area contributed by atoms with Crippen LogP contribution in [0.2, 0.25) is 15.1 Å². The Bertz CT molecular complexity index is 1130. The maximum Gasteiger partial charge on any atom is 0.339 e. The van der Waals surface area contributed by atoms with Crippen molar-refractivity contribution in [2.24, 2.45) is 0 Å². The molecule has 0 fully saturated rings. The summed E-state index contributed by atoms with van der Waals surface area (Å²) in [6, 6.07) is 8.50. The number of carboxylic acids is 1. The Morgan fingerprint density at radius 2 is 1.90 bits per heavy atom. The average molecular weight is 536 g/mol. The highest BCUT2D eigenvalue weighted by molar-refractivity contribution is 9.10. The van der Waals surface area contributed by atoms with Gasteiger partial charge in [0.25, 0.3) is 5.91 Å². The van der Waals surface area contributed by atoms with Gasteiger partial charge in [0.05, 0.1) is 22.7 Å². The average Bonchev–Trinajstić information content (AvgIpc) is 3.09. The molecule has 0 unspecified atom stereocenters. The van der Waals surface area contributed by atoms with Gasteiger partial charge < -0.3 is 15.2 Å². The summed E-state index contributed by atoms with van der Waals surface area (Å²) in [4.78, 5) is 24.7. The lowest BCUT2D eigenvalue weighted by Gasteiger charge is -2.12. The van der Waals surface area contributed by atoms with Gasteiger partial charge in [0.1, 0.15) is 15.6 Å². The van der Waals surface area contributed by atoms with Crippen molar-refractivity contribution >= 4 is 78.9 Å². The van der Waals surface area contributed by atoms with E-state index in [4.69, 9.17) is 39.5 Å². The molecule has 0 bridgehead atoms. The fraction of sp³-hybridized carbons (Fsp3) is 0.0526. The Labute approximate surface area is 193 Å². The van der Waals surface area contributed by atoms with Gasteiger partial charge in [0.15, 0.2) is 5.75 Å². The summed E-state index contributed by atoms with van der Waals surface area (Å²) < 4.78 is 5.91. The predicted octanol–water partition coefficient (Wildman–Crippen LogP) is 7.10. The van der Waals surface area contributed by atoms with Crippen LogP contribution in [-0.4, -0.2) is 24.1 Å². The number of carbonyl (C=O) groups is 2. The van der Waals surface area contributed by atoms with Gasteiger partial charge in [0.2, 0.25) is 0 Å². The van der Waals surface area contributed by atoms with E-state index < -0.39 is 11.9 Å². The molecule has 0 saturated carbocycles. The summed E-state index contributed by atoms with van der Waals surface area (Å²) in [5, 5.41) is 14.3. The highest BCUT2D eigenvalue weighted by Gasteiger charge is 2.24. The number of anilines is 1. The van der Waals surface area contributed by atoms with Gasteiger partial charge in [-0.3, -0.25) is 4.79 Å². The summed E-state index contributed by atoms with van der Waals surface area (Å²) in [7, 11) is 1.34. The van der Waals surface area contributed by atoms with Gasteiger partial charge in [-0.05, 0) is 23.8 Å². The van der Waals surface area contributed by atoms with Crippen molar-refractivity contribution in [3.05, 3.63) is 66.4 Å². The van der Waals surface area contributed by atoms with Crippen molar-refractivity contribution in [2.75, 3.05) is 12.4 Å². The summed E-state index contributed by atoms with van der Waals surface area (Å²) in [5.74, 6) is -1.75. The molecule has 3 aromatic rings. The summed E-state index contributed by atoms with van der Waals surface area (Å²) in [6.45, 7) is 0. The second kappa shape index (κ2) is 8.93. The van der Waals surface area contributed by atoms with Crippen molar-refractivity contribution in [3.63, 3.8) is 0 Å². The second-order valence-electron chi connectivity index (χ2n) is 5.69. The molecule has 1 aromatic heterocycles. The normalized spacial score (nSPS) is 10.7. The molecule has 2 aromatic carbocycles. The predicted molar refractivity (Wildman–Crippen MR) is 120 cm³/mol. The first-order chi connectivity index (χ1) is 13.7. The highest BCUT2D eigenvalue weighted by atomic mass is 79.9. The van der Waals surface area contributed by atoms with Gasteiger partial charge in [0, 0.05) is 15.4 Å². The molecule has 0 atom stereocenters. The maximum atomic E-state index is 12.8. The monoisotopic (exact) mass is 533 g/mol. The van der Waals surface area contributed by atoms with Crippen LogP contribution in [-0.2, 0) is 0 Å². The number of nitrogens with one attached hydrogen (secondary N) is 1. The number of halogens is 4. The molecular formula is C19H11BrCl3NO4S. The van der Waals surface area contributed by atoms with E-state index in [1.807, 2.05) is 6.07 Å². The van der Waals surface area contributed by atoms with E-state index >= 15 is 0 Å². The number of amides is 1. The number of hydrogen-bond donors (Lipinski definition) is 2. The minimum atomic E-state index is -1.17. The topological polar surface area (TPSA) is 75.6 Å². The third-order valence-electron chi connectivity index (χ3n) is 3.93. The van der Waals surface area contributed by atoms with Crippen LogP contribution < -0.4 is 10.1 Å². The number of thiophene rings is 1. The molecule has 150 valence electrons. The highest BCUT2D eigenvalue weighted by Crippen LogP contribution is 2.41. The van der Waals surface area contributed by atoms with E-state index in [1.165, 1.54) is 13.2 Å². The number of carbonyl (C=O) groups excluding carboxylic acids is 1. The van der Waals surface area contributed by atoms with Crippen LogP contribution in [0.15, 0.2) is 40.2 Å². The van der Waals surface area contributed by atoms with Gasteiger partial charge >= 0.3 is 5.97 Å². The fourth-order valence-electron chi connectivity index (χ4n) is 2.63. The van der Waals surface area contributed by atoms with E-state index in [0.29, 0.717) is 11.1 Å². The Morgan fingerprint density at radius 1 is 1.17 bits per heavy atom. The summed E-state index contributed by atoms with van der Waals surface area (Å²) in [6.07, 6.45) is 0. The van der Waals surface area contributed by atoms with Crippen LogP contribution in [0.4, 0.5) is 5.00 Å². The number of hydrogen-bond acceptors (Lipinski definition) is 4. The third-order valence-corrected chi connectivity index (χ3v) is 6.47. The van der Waals surface area contributed by atoms with Crippen LogP contribution in [0, 0.1) is 0 Å². The SMILES string of the molecule is COc1c(Cl)c(Cl)cc(C(=O)Nc2scc(-c3cccc(Br)c3)c2C(=O)O)c1Cl. The van der Waals surface area contributed by atoms with Crippen LogP contribution in [0.5, 0.6) is 5.75 Å². The lowest BCUT2D eigenvalue weighted by molar-refractivity contribution is 0.0699. The zero-order valence-corrected chi connectivity index (χ0v) is 19.2. The lowest BCUT2D eigenvalue weighted by Crippen LogP contribution is -2.14. The molecule has 5 nitrogen and oxygen atoms in total. The molecular weight excluding hydrogens is 525 g/mol. The molecule has 0 aliphatic carbocycles. The summed E-state index contributed by atoms with van der Waals surface area (Å²) in [5.41, 5.74) is 1.16. The van der Waals surface area contributed by atoms with E-state index in [0.717, 1.165) is 15.8 Å². The van der Waals surface area contributed by atoms with Gasteiger partial charge in [-0.2, -0.15) is 0 Å². The van der Waals surface area contributed by atoms with E-state index in [1.54, 1.807) is 23.6 Å². The molecule has 29 heavy (non-hydrogen) atoms. The van der Waals surface area contributed by atoms with Crippen molar-refractivity contribution in [1.29, 1.82) is 0 Å². The van der Waals surface area contributed by atoms with Crippen molar-refractivity contribution in [2.45, 2.75) is 0 Å².